The summed E-state index contributed by atoms with van der Waals surface area (Å²) >= 11 is 0. The van der Waals surface area contributed by atoms with Gasteiger partial charge in [-0.15, -0.1) is 0 Å². The predicted molar refractivity (Wildman–Crippen MR) is 73.4 cm³/mol. The molecule has 0 radical (unpaired) electrons. The molecule has 0 saturated heterocycles. The Kier molecular flexibility index (Phi) is 5.01. The molecule has 0 aromatic heterocycles. The summed E-state index contributed by atoms with van der Waals surface area (Å²) in [5.41, 5.74) is 3.07. The Balaban J connectivity index is 2.65. The minimum absolute atomic E-state index is 0.0339. The van der Waals surface area contributed by atoms with E-state index in [1.165, 1.54) is 13.3 Å². The number of amides is 1. The maximum absolute atomic E-state index is 11.0. The lowest BCUT2D eigenvalue weighted by Gasteiger charge is -2.13. The number of anilines is 2. The summed E-state index contributed by atoms with van der Waals surface area (Å²) < 4.78 is 0. The number of benzene rings is 1. The van der Waals surface area contributed by atoms with Crippen molar-refractivity contribution in [1.29, 1.82) is 0 Å². The van der Waals surface area contributed by atoms with E-state index >= 15 is 0 Å². The summed E-state index contributed by atoms with van der Waals surface area (Å²) in [7, 11) is 0. The molecule has 2 N–H and O–H groups in total. The van der Waals surface area contributed by atoms with Crippen LogP contribution in [0.4, 0.5) is 11.4 Å². The molecular formula is C14H22N2O. The number of aryl methyl sites for hydroxylation is 1. The SMILES string of the molecule is CCC(C)CNc1ccc(NC(C)=O)c(C)c1. The van der Waals surface area contributed by atoms with Crippen LogP contribution in [0, 0.1) is 12.8 Å². The molecule has 1 atom stereocenters. The number of carbonyl (C=O) groups excluding carboxylic acids is 1. The Hall–Kier alpha value is -1.51. The molecule has 94 valence electrons. The Morgan fingerprint density at radius 2 is 2.12 bits per heavy atom. The summed E-state index contributed by atoms with van der Waals surface area (Å²) in [5.74, 6) is 0.638. The molecular weight excluding hydrogens is 212 g/mol. The van der Waals surface area contributed by atoms with Gasteiger partial charge in [-0.1, -0.05) is 20.3 Å². The predicted octanol–water partition coefficient (Wildman–Crippen LogP) is 3.41. The van der Waals surface area contributed by atoms with Gasteiger partial charge in [0.1, 0.15) is 0 Å². The lowest BCUT2D eigenvalue weighted by Crippen LogP contribution is -2.11. The summed E-state index contributed by atoms with van der Waals surface area (Å²) in [6.07, 6.45) is 1.18. The Morgan fingerprint density at radius 1 is 1.41 bits per heavy atom. The fourth-order valence-corrected chi connectivity index (χ4v) is 1.54. The number of carbonyl (C=O) groups is 1. The quantitative estimate of drug-likeness (QED) is 0.819. The minimum atomic E-state index is -0.0339. The van der Waals surface area contributed by atoms with Crippen LogP contribution in [0.5, 0.6) is 0 Å². The summed E-state index contributed by atoms with van der Waals surface area (Å²) in [5, 5.41) is 6.21. The molecule has 1 aromatic carbocycles. The highest BCUT2D eigenvalue weighted by Gasteiger charge is 2.03. The third-order valence-corrected chi connectivity index (χ3v) is 2.89. The van der Waals surface area contributed by atoms with Crippen LogP contribution in [0.15, 0.2) is 18.2 Å². The molecule has 3 nitrogen and oxygen atoms in total. The molecule has 1 unspecified atom stereocenters. The summed E-state index contributed by atoms with van der Waals surface area (Å²) in [6, 6.07) is 6.00. The van der Waals surface area contributed by atoms with Crippen molar-refractivity contribution in [2.75, 3.05) is 17.2 Å². The van der Waals surface area contributed by atoms with Gasteiger partial charge < -0.3 is 10.6 Å². The Labute approximate surface area is 104 Å². The second kappa shape index (κ2) is 6.28. The van der Waals surface area contributed by atoms with Crippen molar-refractivity contribution < 1.29 is 4.79 Å². The van der Waals surface area contributed by atoms with Gasteiger partial charge in [-0.05, 0) is 36.6 Å². The number of rotatable bonds is 5. The zero-order valence-corrected chi connectivity index (χ0v) is 11.1. The Morgan fingerprint density at radius 3 is 2.65 bits per heavy atom. The van der Waals surface area contributed by atoms with Gasteiger partial charge in [0.2, 0.25) is 5.91 Å². The average molecular weight is 234 g/mol. The van der Waals surface area contributed by atoms with Crippen molar-refractivity contribution in [1.82, 2.24) is 0 Å². The van der Waals surface area contributed by atoms with Crippen LogP contribution < -0.4 is 10.6 Å². The highest BCUT2D eigenvalue weighted by atomic mass is 16.1. The molecule has 1 aromatic rings. The Bertz CT molecular complexity index is 388. The molecule has 17 heavy (non-hydrogen) atoms. The van der Waals surface area contributed by atoms with Crippen molar-refractivity contribution in [2.24, 2.45) is 5.92 Å². The first-order valence-corrected chi connectivity index (χ1v) is 6.15. The van der Waals surface area contributed by atoms with E-state index in [0.29, 0.717) is 5.92 Å². The topological polar surface area (TPSA) is 41.1 Å². The van der Waals surface area contributed by atoms with Crippen molar-refractivity contribution in [2.45, 2.75) is 34.1 Å². The second-order valence-electron chi connectivity index (χ2n) is 4.61. The third kappa shape index (κ3) is 4.47. The second-order valence-corrected chi connectivity index (χ2v) is 4.61. The molecule has 0 bridgehead atoms. The van der Waals surface area contributed by atoms with Crippen molar-refractivity contribution in [3.05, 3.63) is 23.8 Å². The van der Waals surface area contributed by atoms with E-state index in [2.05, 4.69) is 30.5 Å². The molecule has 0 fully saturated rings. The van der Waals surface area contributed by atoms with E-state index in [1.807, 2.05) is 19.1 Å². The molecule has 0 heterocycles. The zero-order valence-electron chi connectivity index (χ0n) is 11.1. The van der Waals surface area contributed by atoms with E-state index in [0.717, 1.165) is 23.5 Å². The van der Waals surface area contributed by atoms with E-state index in [9.17, 15) is 4.79 Å². The molecule has 1 amide bonds. The van der Waals surface area contributed by atoms with Crippen LogP contribution in [0.1, 0.15) is 32.8 Å². The van der Waals surface area contributed by atoms with E-state index in [4.69, 9.17) is 0 Å². The number of nitrogens with one attached hydrogen (secondary N) is 2. The van der Waals surface area contributed by atoms with Crippen molar-refractivity contribution in [3.63, 3.8) is 0 Å². The lowest BCUT2D eigenvalue weighted by molar-refractivity contribution is -0.114. The van der Waals surface area contributed by atoms with Gasteiger partial charge >= 0.3 is 0 Å². The highest BCUT2D eigenvalue weighted by molar-refractivity contribution is 5.89. The fraction of sp³-hybridized carbons (Fsp3) is 0.500. The highest BCUT2D eigenvalue weighted by Crippen LogP contribution is 2.20. The van der Waals surface area contributed by atoms with Gasteiger partial charge in [-0.3, -0.25) is 4.79 Å². The van der Waals surface area contributed by atoms with Crippen LogP contribution in [0.3, 0.4) is 0 Å². The first-order valence-electron chi connectivity index (χ1n) is 6.15. The molecule has 0 aliphatic carbocycles. The van der Waals surface area contributed by atoms with Gasteiger partial charge in [-0.2, -0.15) is 0 Å². The van der Waals surface area contributed by atoms with Crippen LogP contribution in [0.2, 0.25) is 0 Å². The molecule has 1 rings (SSSR count). The molecule has 0 saturated carbocycles. The van der Waals surface area contributed by atoms with Crippen LogP contribution in [-0.4, -0.2) is 12.5 Å². The largest absolute Gasteiger partial charge is 0.385 e. The first kappa shape index (κ1) is 13.6. The van der Waals surface area contributed by atoms with Crippen molar-refractivity contribution >= 4 is 17.3 Å². The van der Waals surface area contributed by atoms with Crippen molar-refractivity contribution in [3.8, 4) is 0 Å². The van der Waals surface area contributed by atoms with Gasteiger partial charge in [0.15, 0.2) is 0 Å². The average Bonchev–Trinajstić information content (AvgIpc) is 2.28. The van der Waals surface area contributed by atoms with Gasteiger partial charge in [0, 0.05) is 24.8 Å². The smallest absolute Gasteiger partial charge is 0.221 e. The fourth-order valence-electron chi connectivity index (χ4n) is 1.54. The van der Waals surface area contributed by atoms with E-state index in [-0.39, 0.29) is 5.91 Å². The van der Waals surface area contributed by atoms with Crippen LogP contribution >= 0.6 is 0 Å². The van der Waals surface area contributed by atoms with Gasteiger partial charge in [0.05, 0.1) is 0 Å². The van der Waals surface area contributed by atoms with E-state index < -0.39 is 0 Å². The summed E-state index contributed by atoms with van der Waals surface area (Å²) in [6.45, 7) is 8.92. The van der Waals surface area contributed by atoms with Crippen LogP contribution in [-0.2, 0) is 4.79 Å². The number of hydrogen-bond acceptors (Lipinski definition) is 2. The standard InChI is InChI=1S/C14H22N2O/c1-5-10(2)9-15-13-6-7-14(11(3)8-13)16-12(4)17/h6-8,10,15H,5,9H2,1-4H3,(H,16,17). The maximum atomic E-state index is 11.0. The van der Waals surface area contributed by atoms with E-state index in [1.54, 1.807) is 0 Å². The lowest BCUT2D eigenvalue weighted by atomic mass is 10.1. The summed E-state index contributed by atoms with van der Waals surface area (Å²) in [4.78, 5) is 11.0. The molecule has 0 aliphatic rings. The normalized spacial score (nSPS) is 12.0. The maximum Gasteiger partial charge on any atom is 0.221 e. The van der Waals surface area contributed by atoms with Gasteiger partial charge in [0.25, 0.3) is 0 Å². The third-order valence-electron chi connectivity index (χ3n) is 2.89. The zero-order chi connectivity index (χ0) is 12.8. The van der Waals surface area contributed by atoms with Crippen LogP contribution in [0.25, 0.3) is 0 Å². The molecule has 0 spiro atoms. The van der Waals surface area contributed by atoms with Gasteiger partial charge in [-0.25, -0.2) is 0 Å². The first-order chi connectivity index (χ1) is 8.02. The number of hydrogen-bond donors (Lipinski definition) is 2. The molecule has 3 heteroatoms. The monoisotopic (exact) mass is 234 g/mol. The minimum Gasteiger partial charge on any atom is -0.385 e. The molecule has 0 aliphatic heterocycles.